The van der Waals surface area contributed by atoms with E-state index >= 15 is 0 Å². The van der Waals surface area contributed by atoms with Crippen LogP contribution in [0.2, 0.25) is 0 Å². The molecule has 2 aliphatic heterocycles. The van der Waals surface area contributed by atoms with Gasteiger partial charge in [-0.25, -0.2) is 4.99 Å². The number of carboxylic acids is 1. The second kappa shape index (κ2) is 8.90. The highest BCUT2D eigenvalue weighted by Crippen LogP contribution is 2.42. The number of aliphatic carboxylic acids is 1. The van der Waals surface area contributed by atoms with Crippen molar-refractivity contribution in [2.24, 2.45) is 15.9 Å². The summed E-state index contributed by atoms with van der Waals surface area (Å²) in [5.41, 5.74) is 1.27. The quantitative estimate of drug-likeness (QED) is 0.710. The highest BCUT2D eigenvalue weighted by atomic mass is 32.2. The molecule has 8 nitrogen and oxygen atoms in total. The zero-order valence-electron chi connectivity index (χ0n) is 18.0. The number of amides is 1. The summed E-state index contributed by atoms with van der Waals surface area (Å²) in [5, 5.41) is 9.22. The van der Waals surface area contributed by atoms with Gasteiger partial charge in [-0.1, -0.05) is 43.9 Å². The highest BCUT2D eigenvalue weighted by Gasteiger charge is 2.44. The Bertz CT molecular complexity index is 955. The minimum Gasteiger partial charge on any atom is -0.493 e. The zero-order valence-corrected chi connectivity index (χ0v) is 18.8. The lowest BCUT2D eigenvalue weighted by molar-refractivity contribution is -0.136. The number of nitrogens with zero attached hydrogens (tertiary/aromatic N) is 3. The van der Waals surface area contributed by atoms with Gasteiger partial charge in [0.1, 0.15) is 17.1 Å². The first kappa shape index (κ1) is 21.7. The van der Waals surface area contributed by atoms with Gasteiger partial charge >= 0.3 is 5.97 Å². The third-order valence-corrected chi connectivity index (χ3v) is 7.17. The number of amidine groups is 2. The van der Waals surface area contributed by atoms with E-state index in [9.17, 15) is 14.7 Å². The van der Waals surface area contributed by atoms with Crippen LogP contribution in [0, 0.1) is 5.92 Å². The van der Waals surface area contributed by atoms with Crippen molar-refractivity contribution in [2.45, 2.75) is 56.7 Å². The Morgan fingerprint density at radius 2 is 1.87 bits per heavy atom. The molecule has 1 aromatic carbocycles. The van der Waals surface area contributed by atoms with Gasteiger partial charge in [0.15, 0.2) is 16.7 Å². The van der Waals surface area contributed by atoms with Gasteiger partial charge < -0.3 is 14.6 Å². The van der Waals surface area contributed by atoms with Gasteiger partial charge in [-0.15, -0.1) is 0 Å². The average molecular weight is 446 g/mol. The fourth-order valence-electron chi connectivity index (χ4n) is 4.44. The van der Waals surface area contributed by atoms with E-state index in [0.717, 1.165) is 24.6 Å². The molecule has 166 valence electrons. The molecule has 4 rings (SSSR count). The summed E-state index contributed by atoms with van der Waals surface area (Å²) in [6.07, 6.45) is 6.54. The lowest BCUT2D eigenvalue weighted by Crippen LogP contribution is -2.45. The summed E-state index contributed by atoms with van der Waals surface area (Å²) >= 11 is 1.13. The third-order valence-electron chi connectivity index (χ3n) is 6.12. The van der Waals surface area contributed by atoms with E-state index in [4.69, 9.17) is 14.5 Å². The van der Waals surface area contributed by atoms with Crippen molar-refractivity contribution in [3.8, 4) is 11.5 Å². The first-order valence-electron chi connectivity index (χ1n) is 10.6. The summed E-state index contributed by atoms with van der Waals surface area (Å²) in [6, 6.07) is 3.06. The molecule has 1 saturated carbocycles. The molecule has 0 aromatic heterocycles. The number of rotatable bonds is 6. The Kier molecular flexibility index (Phi) is 6.22. The molecule has 0 unspecified atom stereocenters. The van der Waals surface area contributed by atoms with Crippen LogP contribution >= 0.6 is 11.8 Å². The van der Waals surface area contributed by atoms with Crippen molar-refractivity contribution in [2.75, 3.05) is 14.2 Å². The van der Waals surface area contributed by atoms with Gasteiger partial charge in [-0.2, -0.15) is 4.99 Å². The minimum atomic E-state index is -0.932. The zero-order chi connectivity index (χ0) is 22.1. The molecule has 9 heteroatoms. The number of methoxy groups -OCH3 is 2. The minimum absolute atomic E-state index is 0.195. The second-order valence-corrected chi connectivity index (χ2v) is 9.42. The van der Waals surface area contributed by atoms with Crippen LogP contribution in [0.15, 0.2) is 22.1 Å². The molecule has 1 N–H and O–H groups in total. The maximum absolute atomic E-state index is 13.0. The van der Waals surface area contributed by atoms with Crippen LogP contribution in [-0.4, -0.2) is 58.4 Å². The van der Waals surface area contributed by atoms with Crippen LogP contribution < -0.4 is 9.47 Å². The molecular formula is C22H27N3O5S. The van der Waals surface area contributed by atoms with Crippen molar-refractivity contribution >= 4 is 40.3 Å². The van der Waals surface area contributed by atoms with Gasteiger partial charge in [0.2, 0.25) is 0 Å². The molecular weight excluding hydrogens is 418 g/mol. The lowest BCUT2D eigenvalue weighted by atomic mass is 9.84. The smallest absolute Gasteiger partial charge is 0.316 e. The molecule has 0 saturated heterocycles. The molecule has 0 spiro atoms. The Hall–Kier alpha value is -2.55. The normalized spacial score (nSPS) is 21.7. The number of hydrogen-bond acceptors (Lipinski definition) is 7. The Balaban J connectivity index is 1.75. The largest absolute Gasteiger partial charge is 0.493 e. The van der Waals surface area contributed by atoms with Crippen molar-refractivity contribution in [3.63, 3.8) is 0 Å². The monoisotopic (exact) mass is 445 g/mol. The number of carboxylic acid groups (broad SMARTS) is 1. The Morgan fingerprint density at radius 1 is 1.19 bits per heavy atom. The van der Waals surface area contributed by atoms with E-state index in [-0.39, 0.29) is 5.91 Å². The van der Waals surface area contributed by atoms with Crippen LogP contribution in [0.1, 0.15) is 51.0 Å². The fraction of sp³-hybridized carbons (Fsp3) is 0.545. The number of fused-ring (bicyclic) bond motifs is 3. The number of hydrogen-bond donors (Lipinski definition) is 1. The van der Waals surface area contributed by atoms with Gasteiger partial charge in [-0.05, 0) is 25.3 Å². The lowest BCUT2D eigenvalue weighted by Gasteiger charge is -2.34. The molecule has 31 heavy (non-hydrogen) atoms. The average Bonchev–Trinajstić information content (AvgIpc) is 3.09. The fourth-order valence-corrected chi connectivity index (χ4v) is 5.33. The van der Waals surface area contributed by atoms with Crippen LogP contribution in [0.4, 0.5) is 5.69 Å². The number of aliphatic imine (C=N–C) groups is 2. The SMILES string of the molecule is COc1cc2c(cc1OC)C1=NC(=O)[C@H](CC3CCCCC3)N1C(S[C@H](C)C(=O)O)=N2. The van der Waals surface area contributed by atoms with Gasteiger partial charge in [-0.3, -0.25) is 14.5 Å². The Labute approximate surface area is 185 Å². The van der Waals surface area contributed by atoms with Crippen LogP contribution in [0.3, 0.4) is 0 Å². The van der Waals surface area contributed by atoms with E-state index in [1.165, 1.54) is 19.3 Å². The van der Waals surface area contributed by atoms with Crippen molar-refractivity contribution < 1.29 is 24.2 Å². The van der Waals surface area contributed by atoms with Gasteiger partial charge in [0, 0.05) is 11.6 Å². The molecule has 2 heterocycles. The molecule has 0 radical (unpaired) electrons. The maximum atomic E-state index is 13.0. The van der Waals surface area contributed by atoms with Crippen molar-refractivity contribution in [1.82, 2.24) is 4.90 Å². The summed E-state index contributed by atoms with van der Waals surface area (Å²) in [7, 11) is 3.10. The molecule has 2 atom stereocenters. The topological polar surface area (TPSA) is 101 Å². The summed E-state index contributed by atoms with van der Waals surface area (Å²) in [4.78, 5) is 35.5. The standard InChI is InChI=1S/C22H27N3O5S/c1-12(21(27)28)31-22-23-15-11-18(30-3)17(29-2)10-14(15)19-24-20(26)16(25(19)22)9-13-7-5-4-6-8-13/h10-13,16H,4-9H2,1-3H3,(H,27,28)/t12-,16+/m1/s1. The van der Waals surface area contributed by atoms with E-state index in [2.05, 4.69) is 4.99 Å². The molecule has 3 aliphatic rings. The summed E-state index contributed by atoms with van der Waals surface area (Å²) in [6.45, 7) is 1.62. The van der Waals surface area contributed by atoms with Gasteiger partial charge in [0.05, 0.1) is 19.9 Å². The molecule has 1 aliphatic carbocycles. The molecule has 1 aromatic rings. The van der Waals surface area contributed by atoms with E-state index in [0.29, 0.717) is 46.1 Å². The first-order valence-corrected chi connectivity index (χ1v) is 11.5. The van der Waals surface area contributed by atoms with Crippen LogP contribution in [0.25, 0.3) is 0 Å². The predicted octanol–water partition coefficient (Wildman–Crippen LogP) is 3.84. The Morgan fingerprint density at radius 3 is 2.52 bits per heavy atom. The first-order chi connectivity index (χ1) is 14.9. The number of thioether (sulfide) groups is 1. The van der Waals surface area contributed by atoms with Crippen LogP contribution in [0.5, 0.6) is 11.5 Å². The second-order valence-electron chi connectivity index (χ2n) is 8.12. The van der Waals surface area contributed by atoms with E-state index in [1.807, 2.05) is 4.90 Å². The molecule has 1 amide bonds. The number of ether oxygens (including phenoxy) is 2. The summed E-state index contributed by atoms with van der Waals surface area (Å²) in [5.74, 6) is 0.886. The number of carbonyl (C=O) groups excluding carboxylic acids is 1. The molecule has 0 bridgehead atoms. The number of benzene rings is 1. The molecule has 1 fully saturated rings. The van der Waals surface area contributed by atoms with Crippen LogP contribution in [-0.2, 0) is 9.59 Å². The highest BCUT2D eigenvalue weighted by molar-refractivity contribution is 8.14. The van der Waals surface area contributed by atoms with Crippen molar-refractivity contribution in [3.05, 3.63) is 17.7 Å². The van der Waals surface area contributed by atoms with Gasteiger partial charge in [0.25, 0.3) is 5.91 Å². The maximum Gasteiger partial charge on any atom is 0.316 e. The number of carbonyl (C=O) groups is 2. The summed E-state index contributed by atoms with van der Waals surface area (Å²) < 4.78 is 10.8. The van der Waals surface area contributed by atoms with Crippen molar-refractivity contribution in [1.29, 1.82) is 0 Å². The third kappa shape index (κ3) is 4.15. The predicted molar refractivity (Wildman–Crippen MR) is 120 cm³/mol. The van der Waals surface area contributed by atoms with E-state index < -0.39 is 17.3 Å². The van der Waals surface area contributed by atoms with E-state index in [1.54, 1.807) is 33.3 Å².